The van der Waals surface area contributed by atoms with Gasteiger partial charge in [0.25, 0.3) is 0 Å². The Bertz CT molecular complexity index is 1080. The molecule has 1 atom stereocenters. The minimum absolute atomic E-state index is 0.0601. The van der Waals surface area contributed by atoms with Gasteiger partial charge < -0.3 is 14.8 Å². The SMILES string of the molecule is COc1ccc(CCNC(=O)[C@H]2CC2(c2ccccc2C)c2ccccc2C)cc1OC. The smallest absolute Gasteiger partial charge is 0.224 e. The van der Waals surface area contributed by atoms with Crippen molar-refractivity contribution in [1.82, 2.24) is 5.32 Å². The summed E-state index contributed by atoms with van der Waals surface area (Å²) in [6, 6.07) is 22.8. The first-order valence-corrected chi connectivity index (χ1v) is 11.1. The summed E-state index contributed by atoms with van der Waals surface area (Å²) >= 11 is 0. The van der Waals surface area contributed by atoms with Crippen LogP contribution in [0.5, 0.6) is 11.5 Å². The molecule has 3 aromatic rings. The Morgan fingerprint density at radius 3 is 2.06 bits per heavy atom. The fourth-order valence-electron chi connectivity index (χ4n) is 4.96. The maximum atomic E-state index is 13.2. The second kappa shape index (κ2) is 9.07. The molecular weight excluding hydrogens is 398 g/mol. The number of ether oxygens (including phenoxy) is 2. The zero-order chi connectivity index (χ0) is 22.7. The standard InChI is InChI=1S/C28H31NO3/c1-19-9-5-7-11-22(19)28(23-12-8-6-10-20(23)2)18-24(28)27(30)29-16-15-21-13-14-25(31-3)26(17-21)32-4/h5-14,17,24H,15-16,18H2,1-4H3,(H,29,30)/t24-/m1/s1. The van der Waals surface area contributed by atoms with Gasteiger partial charge in [-0.25, -0.2) is 0 Å². The van der Waals surface area contributed by atoms with Crippen molar-refractivity contribution >= 4 is 5.91 Å². The Morgan fingerprint density at radius 2 is 1.50 bits per heavy atom. The van der Waals surface area contributed by atoms with Crippen LogP contribution in [0.2, 0.25) is 0 Å². The van der Waals surface area contributed by atoms with E-state index in [9.17, 15) is 4.79 Å². The monoisotopic (exact) mass is 429 g/mol. The lowest BCUT2D eigenvalue weighted by molar-refractivity contribution is -0.122. The highest BCUT2D eigenvalue weighted by molar-refractivity contribution is 5.86. The lowest BCUT2D eigenvalue weighted by Gasteiger charge is -2.23. The van der Waals surface area contributed by atoms with Crippen LogP contribution in [0.4, 0.5) is 0 Å². The zero-order valence-electron chi connectivity index (χ0n) is 19.3. The van der Waals surface area contributed by atoms with Gasteiger partial charge >= 0.3 is 0 Å². The third kappa shape index (κ3) is 3.97. The van der Waals surface area contributed by atoms with E-state index in [1.54, 1.807) is 14.2 Å². The molecule has 1 amide bonds. The molecule has 1 N–H and O–H groups in total. The number of aryl methyl sites for hydroxylation is 2. The van der Waals surface area contributed by atoms with E-state index in [-0.39, 0.29) is 17.2 Å². The molecule has 0 aliphatic heterocycles. The fraction of sp³-hybridized carbons (Fsp3) is 0.321. The van der Waals surface area contributed by atoms with Gasteiger partial charge in [-0.15, -0.1) is 0 Å². The molecule has 0 aromatic heterocycles. The van der Waals surface area contributed by atoms with Crippen molar-refractivity contribution in [3.8, 4) is 11.5 Å². The largest absolute Gasteiger partial charge is 0.493 e. The average molecular weight is 430 g/mol. The maximum absolute atomic E-state index is 13.2. The van der Waals surface area contributed by atoms with Gasteiger partial charge in [0.2, 0.25) is 5.91 Å². The molecule has 4 heteroatoms. The third-order valence-corrected chi connectivity index (χ3v) is 6.69. The van der Waals surface area contributed by atoms with Gasteiger partial charge in [0.05, 0.1) is 20.1 Å². The quantitative estimate of drug-likeness (QED) is 0.549. The summed E-state index contributed by atoms with van der Waals surface area (Å²) in [7, 11) is 3.26. The first-order chi connectivity index (χ1) is 15.5. The molecule has 1 aliphatic carbocycles. The molecule has 0 radical (unpaired) electrons. The zero-order valence-corrected chi connectivity index (χ0v) is 19.3. The first-order valence-electron chi connectivity index (χ1n) is 11.1. The Balaban J connectivity index is 1.50. The number of carbonyl (C=O) groups is 1. The highest BCUT2D eigenvalue weighted by atomic mass is 16.5. The molecular formula is C28H31NO3. The molecule has 1 saturated carbocycles. The molecule has 0 spiro atoms. The van der Waals surface area contributed by atoms with Gasteiger partial charge in [-0.2, -0.15) is 0 Å². The van der Waals surface area contributed by atoms with Crippen molar-refractivity contribution in [1.29, 1.82) is 0 Å². The van der Waals surface area contributed by atoms with E-state index in [2.05, 4.69) is 67.7 Å². The normalized spacial score (nSPS) is 16.3. The fourth-order valence-corrected chi connectivity index (χ4v) is 4.96. The number of rotatable bonds is 8. The minimum atomic E-state index is -0.246. The summed E-state index contributed by atoms with van der Waals surface area (Å²) < 4.78 is 10.7. The molecule has 1 fully saturated rings. The number of benzene rings is 3. The number of hydrogen-bond acceptors (Lipinski definition) is 3. The summed E-state index contributed by atoms with van der Waals surface area (Å²) in [6.07, 6.45) is 1.57. The van der Waals surface area contributed by atoms with E-state index in [1.165, 1.54) is 22.3 Å². The summed E-state index contributed by atoms with van der Waals surface area (Å²) in [5.41, 5.74) is 5.84. The maximum Gasteiger partial charge on any atom is 0.224 e. The van der Waals surface area contributed by atoms with Gasteiger partial charge in [0.1, 0.15) is 0 Å². The van der Waals surface area contributed by atoms with Crippen LogP contribution >= 0.6 is 0 Å². The van der Waals surface area contributed by atoms with E-state index in [4.69, 9.17) is 9.47 Å². The van der Waals surface area contributed by atoms with E-state index >= 15 is 0 Å². The summed E-state index contributed by atoms with van der Waals surface area (Å²) in [5, 5.41) is 3.18. The Labute approximate surface area is 190 Å². The van der Waals surface area contributed by atoms with Gasteiger partial charge in [0.15, 0.2) is 11.5 Å². The Hall–Kier alpha value is -3.27. The van der Waals surface area contributed by atoms with Crippen molar-refractivity contribution < 1.29 is 14.3 Å². The van der Waals surface area contributed by atoms with Gasteiger partial charge in [0, 0.05) is 12.0 Å². The van der Waals surface area contributed by atoms with Crippen LogP contribution < -0.4 is 14.8 Å². The van der Waals surface area contributed by atoms with Crippen LogP contribution in [0.3, 0.4) is 0 Å². The summed E-state index contributed by atoms with van der Waals surface area (Å²) in [5.74, 6) is 1.48. The van der Waals surface area contributed by atoms with E-state index < -0.39 is 0 Å². The van der Waals surface area contributed by atoms with Crippen molar-refractivity contribution in [2.75, 3.05) is 20.8 Å². The summed E-state index contributed by atoms with van der Waals surface area (Å²) in [4.78, 5) is 13.2. The van der Waals surface area contributed by atoms with Crippen molar-refractivity contribution in [2.24, 2.45) is 5.92 Å². The minimum Gasteiger partial charge on any atom is -0.493 e. The second-order valence-corrected chi connectivity index (χ2v) is 8.59. The number of methoxy groups -OCH3 is 2. The number of carbonyl (C=O) groups excluding carboxylic acids is 1. The Kier molecular flexibility index (Phi) is 6.22. The van der Waals surface area contributed by atoms with Gasteiger partial charge in [-0.1, -0.05) is 54.6 Å². The van der Waals surface area contributed by atoms with Crippen molar-refractivity contribution in [3.05, 3.63) is 94.5 Å². The number of hydrogen-bond donors (Lipinski definition) is 1. The molecule has 1 aliphatic rings. The molecule has 0 saturated heterocycles. The van der Waals surface area contributed by atoms with Crippen molar-refractivity contribution in [2.45, 2.75) is 32.1 Å². The average Bonchev–Trinajstić information content (AvgIpc) is 3.56. The topological polar surface area (TPSA) is 47.6 Å². The van der Waals surface area contributed by atoms with E-state index in [0.717, 1.165) is 18.4 Å². The van der Waals surface area contributed by atoms with Gasteiger partial charge in [-0.05, 0) is 66.6 Å². The lowest BCUT2D eigenvalue weighted by atomic mass is 9.81. The van der Waals surface area contributed by atoms with Crippen LogP contribution in [0.15, 0.2) is 66.7 Å². The molecule has 0 bridgehead atoms. The number of amides is 1. The Morgan fingerprint density at radius 1 is 0.906 bits per heavy atom. The van der Waals surface area contributed by atoms with Crippen LogP contribution in [0.1, 0.15) is 34.2 Å². The first kappa shape index (κ1) is 21.9. The highest BCUT2D eigenvalue weighted by Crippen LogP contribution is 2.60. The van der Waals surface area contributed by atoms with E-state index in [0.29, 0.717) is 18.0 Å². The predicted octanol–water partition coefficient (Wildman–Crippen LogP) is 4.99. The third-order valence-electron chi connectivity index (χ3n) is 6.69. The molecule has 32 heavy (non-hydrogen) atoms. The second-order valence-electron chi connectivity index (χ2n) is 8.59. The summed E-state index contributed by atoms with van der Waals surface area (Å²) in [6.45, 7) is 4.86. The molecule has 4 rings (SSSR count). The lowest BCUT2D eigenvalue weighted by Crippen LogP contribution is -2.31. The van der Waals surface area contributed by atoms with Crippen LogP contribution in [0.25, 0.3) is 0 Å². The molecule has 0 heterocycles. The molecule has 166 valence electrons. The van der Waals surface area contributed by atoms with Crippen LogP contribution in [-0.4, -0.2) is 26.7 Å². The molecule has 4 nitrogen and oxygen atoms in total. The van der Waals surface area contributed by atoms with Crippen molar-refractivity contribution in [3.63, 3.8) is 0 Å². The highest BCUT2D eigenvalue weighted by Gasteiger charge is 2.61. The molecule has 0 unspecified atom stereocenters. The van der Waals surface area contributed by atoms with E-state index in [1.807, 2.05) is 18.2 Å². The molecule has 3 aromatic carbocycles. The predicted molar refractivity (Wildman–Crippen MR) is 128 cm³/mol. The van der Waals surface area contributed by atoms with Gasteiger partial charge in [-0.3, -0.25) is 4.79 Å². The number of nitrogens with one attached hydrogen (secondary N) is 1. The van der Waals surface area contributed by atoms with Crippen LogP contribution in [-0.2, 0) is 16.6 Å². The van der Waals surface area contributed by atoms with Crippen LogP contribution in [0, 0.1) is 19.8 Å².